The van der Waals surface area contributed by atoms with Gasteiger partial charge in [-0.3, -0.25) is 4.79 Å². The van der Waals surface area contributed by atoms with Crippen LogP contribution in [0.5, 0.6) is 5.75 Å². The molecule has 2 unspecified atom stereocenters. The molecule has 1 saturated heterocycles. The molecular formula is C19H30N2O2. The number of hydrogen-bond donors (Lipinski definition) is 1. The van der Waals surface area contributed by atoms with Crippen molar-refractivity contribution in [3.05, 3.63) is 29.8 Å². The first-order valence-corrected chi connectivity index (χ1v) is 8.81. The number of carbonyl (C=O) groups excluding carboxylic acids is 1. The number of piperidine rings is 1. The summed E-state index contributed by atoms with van der Waals surface area (Å²) in [4.78, 5) is 14.6. The molecule has 23 heavy (non-hydrogen) atoms. The number of amides is 1. The quantitative estimate of drug-likeness (QED) is 0.785. The predicted octanol–water partition coefficient (Wildman–Crippen LogP) is 3.14. The Balaban J connectivity index is 1.64. The van der Waals surface area contributed by atoms with E-state index in [2.05, 4.69) is 17.1 Å². The zero-order chi connectivity index (χ0) is 16.7. The van der Waals surface area contributed by atoms with E-state index in [1.807, 2.05) is 31.2 Å². The van der Waals surface area contributed by atoms with Crippen LogP contribution in [-0.2, 0) is 4.79 Å². The lowest BCUT2D eigenvalue weighted by Gasteiger charge is -2.33. The molecule has 4 nitrogen and oxygen atoms in total. The van der Waals surface area contributed by atoms with Gasteiger partial charge < -0.3 is 15.0 Å². The normalized spacial score (nSPS) is 20.0. The maximum Gasteiger partial charge on any atom is 0.260 e. The van der Waals surface area contributed by atoms with Crippen molar-refractivity contribution in [3.8, 4) is 5.75 Å². The van der Waals surface area contributed by atoms with E-state index in [0.29, 0.717) is 12.6 Å². The zero-order valence-corrected chi connectivity index (χ0v) is 14.7. The topological polar surface area (TPSA) is 41.6 Å². The summed E-state index contributed by atoms with van der Waals surface area (Å²) in [6.45, 7) is 9.10. The van der Waals surface area contributed by atoms with Crippen LogP contribution in [-0.4, -0.2) is 42.6 Å². The zero-order valence-electron chi connectivity index (χ0n) is 14.7. The minimum absolute atomic E-state index is 0.0442. The Morgan fingerprint density at radius 3 is 2.78 bits per heavy atom. The highest BCUT2D eigenvalue weighted by atomic mass is 16.5. The van der Waals surface area contributed by atoms with Crippen molar-refractivity contribution in [1.29, 1.82) is 0 Å². The number of hydrogen-bond acceptors (Lipinski definition) is 3. The molecule has 1 amide bonds. The van der Waals surface area contributed by atoms with Crippen LogP contribution in [0.15, 0.2) is 24.3 Å². The Hall–Kier alpha value is -1.55. The number of nitrogens with one attached hydrogen (secondary N) is 1. The van der Waals surface area contributed by atoms with Gasteiger partial charge in [0, 0.05) is 19.1 Å². The lowest BCUT2D eigenvalue weighted by Crippen LogP contribution is -2.41. The second-order valence-corrected chi connectivity index (χ2v) is 6.60. The number of ether oxygens (including phenoxy) is 1. The molecule has 0 saturated carbocycles. The molecule has 4 heteroatoms. The molecule has 1 aromatic carbocycles. The molecule has 0 aromatic heterocycles. The Labute approximate surface area is 140 Å². The van der Waals surface area contributed by atoms with Crippen LogP contribution in [0.2, 0.25) is 0 Å². The first-order valence-electron chi connectivity index (χ1n) is 8.81. The van der Waals surface area contributed by atoms with Gasteiger partial charge in [0.25, 0.3) is 5.91 Å². The maximum absolute atomic E-state index is 12.1. The van der Waals surface area contributed by atoms with Crippen molar-refractivity contribution in [2.45, 2.75) is 58.6 Å². The SMILES string of the molecule is Cc1ccc(OC(C)C(=O)NCCCN2CCCCC2C)cc1. The van der Waals surface area contributed by atoms with Crippen molar-refractivity contribution in [1.82, 2.24) is 10.2 Å². The molecule has 1 aliphatic heterocycles. The molecule has 1 aliphatic rings. The second kappa shape index (κ2) is 8.92. The summed E-state index contributed by atoms with van der Waals surface area (Å²) < 4.78 is 5.67. The molecule has 0 aliphatic carbocycles. The first-order chi connectivity index (χ1) is 11.1. The van der Waals surface area contributed by atoms with E-state index in [-0.39, 0.29) is 5.91 Å². The van der Waals surface area contributed by atoms with Gasteiger partial charge in [-0.25, -0.2) is 0 Å². The largest absolute Gasteiger partial charge is 0.481 e. The van der Waals surface area contributed by atoms with Crippen LogP contribution >= 0.6 is 0 Å². The molecule has 1 heterocycles. The number of nitrogens with zero attached hydrogens (tertiary/aromatic N) is 1. The van der Waals surface area contributed by atoms with Crippen LogP contribution in [0, 0.1) is 6.92 Å². The van der Waals surface area contributed by atoms with Gasteiger partial charge in [0.1, 0.15) is 5.75 Å². The standard InChI is InChI=1S/C19H30N2O2/c1-15-8-10-18(11-9-15)23-17(3)19(22)20-12-6-14-21-13-5-4-7-16(21)2/h8-11,16-17H,4-7,12-14H2,1-3H3,(H,20,22). The van der Waals surface area contributed by atoms with E-state index in [4.69, 9.17) is 4.74 Å². The van der Waals surface area contributed by atoms with Crippen molar-refractivity contribution in [2.75, 3.05) is 19.6 Å². The van der Waals surface area contributed by atoms with Gasteiger partial charge in [0.2, 0.25) is 0 Å². The molecule has 0 spiro atoms. The van der Waals surface area contributed by atoms with Crippen LogP contribution in [0.25, 0.3) is 0 Å². The molecule has 128 valence electrons. The molecule has 0 bridgehead atoms. The van der Waals surface area contributed by atoms with E-state index in [0.717, 1.165) is 18.7 Å². The van der Waals surface area contributed by atoms with Crippen molar-refractivity contribution in [3.63, 3.8) is 0 Å². The minimum atomic E-state index is -0.466. The van der Waals surface area contributed by atoms with E-state index in [9.17, 15) is 4.79 Å². The fourth-order valence-corrected chi connectivity index (χ4v) is 3.00. The van der Waals surface area contributed by atoms with Gasteiger partial charge in [-0.05, 0) is 58.7 Å². The fourth-order valence-electron chi connectivity index (χ4n) is 3.00. The van der Waals surface area contributed by atoms with Crippen LogP contribution in [0.4, 0.5) is 0 Å². The summed E-state index contributed by atoms with van der Waals surface area (Å²) in [6, 6.07) is 8.45. The Morgan fingerprint density at radius 1 is 1.35 bits per heavy atom. The summed E-state index contributed by atoms with van der Waals surface area (Å²) >= 11 is 0. The van der Waals surface area contributed by atoms with E-state index in [1.165, 1.54) is 31.4 Å². The number of benzene rings is 1. The van der Waals surface area contributed by atoms with Gasteiger partial charge >= 0.3 is 0 Å². The van der Waals surface area contributed by atoms with Crippen molar-refractivity contribution < 1.29 is 9.53 Å². The third-order valence-electron chi connectivity index (χ3n) is 4.56. The van der Waals surface area contributed by atoms with Crippen LogP contribution < -0.4 is 10.1 Å². The van der Waals surface area contributed by atoms with Gasteiger partial charge in [-0.15, -0.1) is 0 Å². The van der Waals surface area contributed by atoms with Gasteiger partial charge in [0.05, 0.1) is 0 Å². The number of likely N-dealkylation sites (tertiary alicyclic amines) is 1. The average molecular weight is 318 g/mol. The molecular weight excluding hydrogens is 288 g/mol. The van der Waals surface area contributed by atoms with Gasteiger partial charge in [0.15, 0.2) is 6.10 Å². The van der Waals surface area contributed by atoms with Gasteiger partial charge in [-0.1, -0.05) is 24.1 Å². The molecule has 0 radical (unpaired) electrons. The summed E-state index contributed by atoms with van der Waals surface area (Å²) in [5.41, 5.74) is 1.18. The fraction of sp³-hybridized carbons (Fsp3) is 0.632. The van der Waals surface area contributed by atoms with Crippen LogP contribution in [0.3, 0.4) is 0 Å². The summed E-state index contributed by atoms with van der Waals surface area (Å²) in [5, 5.41) is 2.98. The third-order valence-corrected chi connectivity index (χ3v) is 4.56. The highest BCUT2D eigenvalue weighted by Gasteiger charge is 2.18. The summed E-state index contributed by atoms with van der Waals surface area (Å²) in [6.07, 6.45) is 4.48. The smallest absolute Gasteiger partial charge is 0.260 e. The lowest BCUT2D eigenvalue weighted by atomic mass is 10.0. The third kappa shape index (κ3) is 5.87. The Morgan fingerprint density at radius 2 is 2.09 bits per heavy atom. The predicted molar refractivity (Wildman–Crippen MR) is 93.8 cm³/mol. The van der Waals surface area contributed by atoms with E-state index in [1.54, 1.807) is 6.92 Å². The van der Waals surface area contributed by atoms with Gasteiger partial charge in [-0.2, -0.15) is 0 Å². The molecule has 1 N–H and O–H groups in total. The number of carbonyl (C=O) groups is 1. The average Bonchev–Trinajstić information content (AvgIpc) is 2.55. The Kier molecular flexibility index (Phi) is 6.90. The number of aryl methyl sites for hydroxylation is 1. The second-order valence-electron chi connectivity index (χ2n) is 6.60. The molecule has 2 rings (SSSR count). The monoisotopic (exact) mass is 318 g/mol. The van der Waals surface area contributed by atoms with E-state index >= 15 is 0 Å². The number of rotatable bonds is 7. The first kappa shape index (κ1) is 17.8. The lowest BCUT2D eigenvalue weighted by molar-refractivity contribution is -0.127. The summed E-state index contributed by atoms with van der Waals surface area (Å²) in [5.74, 6) is 0.692. The summed E-state index contributed by atoms with van der Waals surface area (Å²) in [7, 11) is 0. The highest BCUT2D eigenvalue weighted by molar-refractivity contribution is 5.80. The Bertz CT molecular complexity index is 487. The minimum Gasteiger partial charge on any atom is -0.481 e. The maximum atomic E-state index is 12.1. The van der Waals surface area contributed by atoms with Crippen LogP contribution in [0.1, 0.15) is 45.1 Å². The van der Waals surface area contributed by atoms with Crippen molar-refractivity contribution in [2.24, 2.45) is 0 Å². The molecule has 2 atom stereocenters. The molecule has 1 aromatic rings. The highest BCUT2D eigenvalue weighted by Crippen LogP contribution is 2.16. The van der Waals surface area contributed by atoms with Crippen molar-refractivity contribution >= 4 is 5.91 Å². The molecule has 1 fully saturated rings. The van der Waals surface area contributed by atoms with E-state index < -0.39 is 6.10 Å².